The molecule has 2 N–H and O–H groups in total. The zero-order chi connectivity index (χ0) is 29.4. The Morgan fingerprint density at radius 2 is 1.74 bits per heavy atom. The number of terminal acetylenes is 1. The molecule has 0 saturated carbocycles. The number of rotatable bonds is 16. The van der Waals surface area contributed by atoms with E-state index in [1.54, 1.807) is 43.5 Å². The molecule has 0 aliphatic carbocycles. The fraction of sp³-hybridized carbons (Fsp3) is 0.645. The topological polar surface area (TPSA) is 87.7 Å². The third-order valence-corrected chi connectivity index (χ3v) is 6.86. The number of thioether (sulfide) groups is 1. The van der Waals surface area contributed by atoms with Gasteiger partial charge in [-0.25, -0.2) is 4.79 Å². The number of carbonyl (C=O) groups is 3. The van der Waals surface area contributed by atoms with E-state index in [-0.39, 0.29) is 17.9 Å². The van der Waals surface area contributed by atoms with Gasteiger partial charge in [-0.05, 0) is 70.6 Å². The van der Waals surface area contributed by atoms with Crippen molar-refractivity contribution >= 4 is 29.7 Å². The Balaban J connectivity index is 3.56. The number of nitrogens with one attached hydrogen (secondary N) is 2. The van der Waals surface area contributed by atoms with Crippen LogP contribution in [0.4, 0.5) is 4.79 Å². The average molecular weight is 560 g/mol. The summed E-state index contributed by atoms with van der Waals surface area (Å²) in [6, 6.07) is 5.42. The Morgan fingerprint density at radius 3 is 2.33 bits per heavy atom. The molecule has 1 rings (SSSR count). The van der Waals surface area contributed by atoms with Gasteiger partial charge >= 0.3 is 6.09 Å². The van der Waals surface area contributed by atoms with Gasteiger partial charge in [-0.1, -0.05) is 63.7 Å². The first-order valence-corrected chi connectivity index (χ1v) is 15.5. The number of benzene rings is 1. The Hall–Kier alpha value is -2.66. The van der Waals surface area contributed by atoms with Crippen molar-refractivity contribution in [3.05, 3.63) is 35.4 Å². The summed E-state index contributed by atoms with van der Waals surface area (Å²) in [6.07, 6.45) is 13.0. The molecule has 0 heterocycles. The molecular weight excluding hydrogens is 510 g/mol. The lowest BCUT2D eigenvalue weighted by atomic mass is 9.96. The van der Waals surface area contributed by atoms with Gasteiger partial charge in [-0.3, -0.25) is 9.59 Å². The second-order valence-electron chi connectivity index (χ2n) is 10.9. The zero-order valence-electron chi connectivity index (χ0n) is 25.0. The number of alkyl carbamates (subject to hydrolysis) is 1. The van der Waals surface area contributed by atoms with Crippen molar-refractivity contribution in [2.75, 3.05) is 18.6 Å². The number of amides is 3. The van der Waals surface area contributed by atoms with E-state index in [0.717, 1.165) is 38.5 Å². The van der Waals surface area contributed by atoms with E-state index in [1.165, 1.54) is 0 Å². The number of unbranched alkanes of at least 4 members (excludes halogenated alkanes) is 3. The Kier molecular flexibility index (Phi) is 15.7. The number of hydrogen-bond donors (Lipinski definition) is 2. The first kappa shape index (κ1) is 34.4. The molecule has 0 saturated heterocycles. The molecule has 0 aliphatic rings. The highest BCUT2D eigenvalue weighted by atomic mass is 32.2. The highest BCUT2D eigenvalue weighted by molar-refractivity contribution is 7.98. The van der Waals surface area contributed by atoms with Gasteiger partial charge in [0.25, 0.3) is 0 Å². The van der Waals surface area contributed by atoms with Gasteiger partial charge < -0.3 is 20.3 Å². The van der Waals surface area contributed by atoms with Crippen LogP contribution in [-0.4, -0.2) is 59.0 Å². The lowest BCUT2D eigenvalue weighted by Gasteiger charge is -2.35. The first-order chi connectivity index (χ1) is 18.5. The molecule has 7 nitrogen and oxygen atoms in total. The summed E-state index contributed by atoms with van der Waals surface area (Å²) < 4.78 is 5.47. The highest BCUT2D eigenvalue weighted by Crippen LogP contribution is 2.27. The Labute approximate surface area is 240 Å². The largest absolute Gasteiger partial charge is 0.444 e. The molecule has 0 spiro atoms. The van der Waals surface area contributed by atoms with E-state index in [2.05, 4.69) is 30.4 Å². The highest BCUT2D eigenvalue weighted by Gasteiger charge is 2.37. The maximum atomic E-state index is 14.3. The number of ether oxygens (including phenoxy) is 1. The minimum atomic E-state index is -0.928. The summed E-state index contributed by atoms with van der Waals surface area (Å²) in [5.74, 6) is 2.75. The van der Waals surface area contributed by atoms with Crippen LogP contribution in [0, 0.1) is 12.3 Å². The van der Waals surface area contributed by atoms with Crippen LogP contribution in [0.3, 0.4) is 0 Å². The fourth-order valence-corrected chi connectivity index (χ4v) is 4.83. The van der Waals surface area contributed by atoms with Crippen LogP contribution in [-0.2, 0) is 14.3 Å². The van der Waals surface area contributed by atoms with Crippen LogP contribution < -0.4 is 10.6 Å². The molecule has 8 heteroatoms. The number of carbonyl (C=O) groups excluding carboxylic acids is 3. The van der Waals surface area contributed by atoms with E-state index in [0.29, 0.717) is 29.8 Å². The van der Waals surface area contributed by atoms with Gasteiger partial charge in [0, 0.05) is 18.2 Å². The van der Waals surface area contributed by atoms with Crippen molar-refractivity contribution in [2.45, 2.75) is 110 Å². The van der Waals surface area contributed by atoms with Crippen molar-refractivity contribution in [1.29, 1.82) is 0 Å². The van der Waals surface area contributed by atoms with Gasteiger partial charge in [-0.15, -0.1) is 6.42 Å². The number of hydrogen-bond acceptors (Lipinski definition) is 5. The summed E-state index contributed by atoms with van der Waals surface area (Å²) >= 11 is 1.59. The monoisotopic (exact) mass is 559 g/mol. The lowest BCUT2D eigenvalue weighted by molar-refractivity contribution is -0.143. The minimum absolute atomic E-state index is 0.0628. The molecule has 0 radical (unpaired) electrons. The van der Waals surface area contributed by atoms with Gasteiger partial charge in [0.05, 0.1) is 0 Å². The summed E-state index contributed by atoms with van der Waals surface area (Å²) in [5.41, 5.74) is 0.458. The molecule has 218 valence electrons. The van der Waals surface area contributed by atoms with Gasteiger partial charge in [0.1, 0.15) is 17.7 Å². The van der Waals surface area contributed by atoms with Crippen LogP contribution in [0.15, 0.2) is 24.3 Å². The standard InChI is InChI=1S/C31H49N3O4S/c1-9-12-13-16-21-34(29(36)26(20-22-39-8)33-30(37)38-31(5,6)7)27(28(35)32-23(4)17-10-2)25-19-15-14-18-24(25)11-3/h3,14-15,18-19,23,26-27H,9-10,12-13,16-17,20-22H2,1-2,4-8H3,(H,32,35)(H,33,37). The molecule has 3 atom stereocenters. The van der Waals surface area contributed by atoms with Crippen LogP contribution >= 0.6 is 11.8 Å². The molecule has 3 amide bonds. The zero-order valence-corrected chi connectivity index (χ0v) is 25.8. The van der Waals surface area contributed by atoms with E-state index in [4.69, 9.17) is 11.2 Å². The van der Waals surface area contributed by atoms with E-state index in [1.807, 2.05) is 31.4 Å². The van der Waals surface area contributed by atoms with E-state index < -0.39 is 23.8 Å². The normalized spacial score (nSPS) is 13.5. The lowest BCUT2D eigenvalue weighted by Crippen LogP contribution is -2.54. The third-order valence-electron chi connectivity index (χ3n) is 6.22. The minimum Gasteiger partial charge on any atom is -0.444 e. The number of nitrogens with zero attached hydrogens (tertiary/aromatic N) is 1. The van der Waals surface area contributed by atoms with Crippen LogP contribution in [0.2, 0.25) is 0 Å². The first-order valence-electron chi connectivity index (χ1n) is 14.1. The van der Waals surface area contributed by atoms with Crippen molar-refractivity contribution in [1.82, 2.24) is 15.5 Å². The van der Waals surface area contributed by atoms with Gasteiger partial charge in [-0.2, -0.15) is 11.8 Å². The van der Waals surface area contributed by atoms with E-state index >= 15 is 0 Å². The average Bonchev–Trinajstić information content (AvgIpc) is 2.87. The molecular formula is C31H49N3O4S. The molecule has 1 aromatic rings. The Bertz CT molecular complexity index is 954. The Morgan fingerprint density at radius 1 is 1.05 bits per heavy atom. The summed E-state index contributed by atoms with van der Waals surface area (Å²) in [7, 11) is 0. The summed E-state index contributed by atoms with van der Waals surface area (Å²) in [4.78, 5) is 42.5. The maximum Gasteiger partial charge on any atom is 0.408 e. The van der Waals surface area contributed by atoms with Crippen LogP contribution in [0.5, 0.6) is 0 Å². The second kappa shape index (κ2) is 17.8. The molecule has 39 heavy (non-hydrogen) atoms. The smallest absolute Gasteiger partial charge is 0.408 e. The van der Waals surface area contributed by atoms with Crippen molar-refractivity contribution < 1.29 is 19.1 Å². The second-order valence-corrected chi connectivity index (χ2v) is 11.9. The summed E-state index contributed by atoms with van der Waals surface area (Å²) in [6.45, 7) is 11.9. The van der Waals surface area contributed by atoms with Crippen molar-refractivity contribution in [3.63, 3.8) is 0 Å². The molecule has 0 fully saturated rings. The fourth-order valence-electron chi connectivity index (χ4n) is 4.36. The molecule has 3 unspecified atom stereocenters. The third kappa shape index (κ3) is 12.4. The van der Waals surface area contributed by atoms with Gasteiger partial charge in [0.2, 0.25) is 11.8 Å². The molecule has 0 aliphatic heterocycles. The van der Waals surface area contributed by atoms with Crippen LogP contribution in [0.1, 0.15) is 104 Å². The molecule has 0 aromatic heterocycles. The maximum absolute atomic E-state index is 14.3. The van der Waals surface area contributed by atoms with Gasteiger partial charge in [0.15, 0.2) is 0 Å². The van der Waals surface area contributed by atoms with Crippen molar-refractivity contribution in [3.8, 4) is 12.3 Å². The van der Waals surface area contributed by atoms with Crippen LogP contribution in [0.25, 0.3) is 0 Å². The predicted molar refractivity (Wildman–Crippen MR) is 162 cm³/mol. The summed E-state index contributed by atoms with van der Waals surface area (Å²) in [5, 5.41) is 5.89. The SMILES string of the molecule is C#Cc1ccccc1C(C(=O)NC(C)CCC)N(CCCCCC)C(=O)C(CCSC)NC(=O)OC(C)(C)C. The predicted octanol–water partition coefficient (Wildman–Crippen LogP) is 6.07. The van der Waals surface area contributed by atoms with Crippen molar-refractivity contribution in [2.24, 2.45) is 0 Å². The van der Waals surface area contributed by atoms with E-state index in [9.17, 15) is 14.4 Å². The molecule has 0 bridgehead atoms. The molecule has 1 aromatic carbocycles. The quantitative estimate of drug-likeness (QED) is 0.190.